The quantitative estimate of drug-likeness (QED) is 0.665. The lowest BCUT2D eigenvalue weighted by molar-refractivity contribution is -0.118. The summed E-state index contributed by atoms with van der Waals surface area (Å²) < 4.78 is 16.5. The normalized spacial score (nSPS) is 14.4. The fourth-order valence-corrected chi connectivity index (χ4v) is 3.06. The maximum absolute atomic E-state index is 12.1. The Bertz CT molecular complexity index is 740. The molecule has 1 N–H and O–H groups in total. The Labute approximate surface area is 172 Å². The van der Waals surface area contributed by atoms with Crippen molar-refractivity contribution in [3.63, 3.8) is 0 Å². The molecule has 0 unspecified atom stereocenters. The van der Waals surface area contributed by atoms with Crippen LogP contribution in [0.3, 0.4) is 0 Å². The Morgan fingerprint density at radius 1 is 1.00 bits per heavy atom. The van der Waals surface area contributed by atoms with Crippen LogP contribution in [0.4, 0.5) is 5.69 Å². The number of nitrogens with one attached hydrogen (secondary N) is 1. The fraction of sp³-hybridized carbons (Fsp3) is 0.435. The number of morpholine rings is 1. The largest absolute Gasteiger partial charge is 0.494 e. The van der Waals surface area contributed by atoms with Gasteiger partial charge in [0.1, 0.15) is 11.5 Å². The minimum absolute atomic E-state index is 0.0338. The highest BCUT2D eigenvalue weighted by Gasteiger charge is 2.10. The predicted octanol–water partition coefficient (Wildman–Crippen LogP) is 3.37. The van der Waals surface area contributed by atoms with Crippen LogP contribution in [0.15, 0.2) is 48.5 Å². The van der Waals surface area contributed by atoms with E-state index in [0.29, 0.717) is 12.4 Å². The lowest BCUT2D eigenvalue weighted by Crippen LogP contribution is -2.37. The summed E-state index contributed by atoms with van der Waals surface area (Å²) in [6.07, 6.45) is 1.96. The number of amides is 1. The Morgan fingerprint density at radius 3 is 2.31 bits per heavy atom. The lowest BCUT2D eigenvalue weighted by atomic mass is 10.1. The van der Waals surface area contributed by atoms with E-state index in [-0.39, 0.29) is 12.5 Å². The van der Waals surface area contributed by atoms with Gasteiger partial charge in [-0.25, -0.2) is 0 Å². The van der Waals surface area contributed by atoms with Gasteiger partial charge in [-0.05, 0) is 54.8 Å². The molecule has 6 heteroatoms. The van der Waals surface area contributed by atoms with Crippen LogP contribution < -0.4 is 14.8 Å². The number of carbonyl (C=O) groups is 1. The van der Waals surface area contributed by atoms with Crippen molar-refractivity contribution in [1.82, 2.24) is 4.90 Å². The molecule has 0 spiro atoms. The Balaban J connectivity index is 1.38. The first-order valence-corrected chi connectivity index (χ1v) is 10.3. The molecule has 156 valence electrons. The summed E-state index contributed by atoms with van der Waals surface area (Å²) in [5.41, 5.74) is 2.04. The molecular weight excluding hydrogens is 368 g/mol. The molecule has 0 saturated carbocycles. The van der Waals surface area contributed by atoms with Crippen LogP contribution in [0, 0.1) is 0 Å². The Kier molecular flexibility index (Phi) is 8.34. The predicted molar refractivity (Wildman–Crippen MR) is 114 cm³/mol. The molecule has 0 aliphatic carbocycles. The van der Waals surface area contributed by atoms with Crippen LogP contribution >= 0.6 is 0 Å². The van der Waals surface area contributed by atoms with E-state index in [0.717, 1.165) is 57.1 Å². The lowest BCUT2D eigenvalue weighted by Gasteiger charge is -2.26. The molecule has 3 rings (SSSR count). The first-order valence-electron chi connectivity index (χ1n) is 10.3. The molecule has 0 atom stereocenters. The molecule has 1 fully saturated rings. The van der Waals surface area contributed by atoms with Gasteiger partial charge in [0.2, 0.25) is 0 Å². The molecule has 1 amide bonds. The monoisotopic (exact) mass is 398 g/mol. The van der Waals surface area contributed by atoms with Crippen molar-refractivity contribution in [1.29, 1.82) is 0 Å². The maximum Gasteiger partial charge on any atom is 0.262 e. The smallest absolute Gasteiger partial charge is 0.262 e. The standard InChI is InChI=1S/C23H30N2O4/c1-2-15-28-21-7-9-22(10-8-21)29-18-23(26)24-20-5-3-19(4-6-20)11-12-25-13-16-27-17-14-25/h3-10H,2,11-18H2,1H3,(H,24,26). The number of anilines is 1. The fourth-order valence-electron chi connectivity index (χ4n) is 3.06. The second-order valence-corrected chi connectivity index (χ2v) is 7.06. The van der Waals surface area contributed by atoms with Gasteiger partial charge in [-0.1, -0.05) is 19.1 Å². The summed E-state index contributed by atoms with van der Waals surface area (Å²) in [6, 6.07) is 15.3. The van der Waals surface area contributed by atoms with Crippen molar-refractivity contribution >= 4 is 11.6 Å². The first kappa shape index (κ1) is 21.1. The van der Waals surface area contributed by atoms with Gasteiger partial charge in [0, 0.05) is 25.3 Å². The molecule has 1 aliphatic rings. The van der Waals surface area contributed by atoms with E-state index in [2.05, 4.69) is 29.3 Å². The van der Waals surface area contributed by atoms with Crippen molar-refractivity contribution in [3.05, 3.63) is 54.1 Å². The van der Waals surface area contributed by atoms with Crippen molar-refractivity contribution in [2.75, 3.05) is 51.4 Å². The highest BCUT2D eigenvalue weighted by atomic mass is 16.5. The van der Waals surface area contributed by atoms with Crippen molar-refractivity contribution in [2.45, 2.75) is 19.8 Å². The minimum atomic E-state index is -0.183. The summed E-state index contributed by atoms with van der Waals surface area (Å²) in [7, 11) is 0. The molecule has 1 heterocycles. The molecule has 29 heavy (non-hydrogen) atoms. The van der Waals surface area contributed by atoms with Crippen molar-refractivity contribution in [2.24, 2.45) is 0 Å². The van der Waals surface area contributed by atoms with E-state index in [1.807, 2.05) is 36.4 Å². The molecule has 2 aromatic carbocycles. The van der Waals surface area contributed by atoms with Crippen molar-refractivity contribution in [3.8, 4) is 11.5 Å². The van der Waals surface area contributed by atoms with Crippen LogP contribution in [-0.2, 0) is 16.0 Å². The van der Waals surface area contributed by atoms with Gasteiger partial charge in [-0.15, -0.1) is 0 Å². The van der Waals surface area contributed by atoms with E-state index in [4.69, 9.17) is 14.2 Å². The molecule has 1 aliphatic heterocycles. The zero-order valence-electron chi connectivity index (χ0n) is 17.1. The van der Waals surface area contributed by atoms with Crippen LogP contribution in [0.5, 0.6) is 11.5 Å². The first-order chi connectivity index (χ1) is 14.2. The number of ether oxygens (including phenoxy) is 3. The van der Waals surface area contributed by atoms with E-state index < -0.39 is 0 Å². The number of hydrogen-bond acceptors (Lipinski definition) is 5. The van der Waals surface area contributed by atoms with Gasteiger partial charge < -0.3 is 19.5 Å². The number of rotatable bonds is 10. The third-order valence-electron chi connectivity index (χ3n) is 4.72. The van der Waals surface area contributed by atoms with E-state index in [1.165, 1.54) is 5.56 Å². The summed E-state index contributed by atoms with van der Waals surface area (Å²) >= 11 is 0. The van der Waals surface area contributed by atoms with Crippen LogP contribution in [-0.4, -0.2) is 56.9 Å². The maximum atomic E-state index is 12.1. The highest BCUT2D eigenvalue weighted by Crippen LogP contribution is 2.18. The molecule has 6 nitrogen and oxygen atoms in total. The van der Waals surface area contributed by atoms with Gasteiger partial charge in [0.25, 0.3) is 5.91 Å². The molecule has 0 bridgehead atoms. The van der Waals surface area contributed by atoms with E-state index >= 15 is 0 Å². The number of hydrogen-bond donors (Lipinski definition) is 1. The number of benzene rings is 2. The molecular formula is C23H30N2O4. The Hall–Kier alpha value is -2.57. The molecule has 0 aromatic heterocycles. The van der Waals surface area contributed by atoms with Gasteiger partial charge >= 0.3 is 0 Å². The second kappa shape index (κ2) is 11.4. The van der Waals surface area contributed by atoms with Crippen LogP contribution in [0.2, 0.25) is 0 Å². The number of carbonyl (C=O) groups excluding carboxylic acids is 1. The topological polar surface area (TPSA) is 60.0 Å². The van der Waals surface area contributed by atoms with Gasteiger partial charge in [-0.2, -0.15) is 0 Å². The average molecular weight is 399 g/mol. The molecule has 1 saturated heterocycles. The Morgan fingerprint density at radius 2 is 1.66 bits per heavy atom. The molecule has 0 radical (unpaired) electrons. The summed E-state index contributed by atoms with van der Waals surface area (Å²) in [5.74, 6) is 1.26. The average Bonchev–Trinajstić information content (AvgIpc) is 2.77. The zero-order chi connectivity index (χ0) is 20.3. The van der Waals surface area contributed by atoms with E-state index in [1.54, 1.807) is 0 Å². The highest BCUT2D eigenvalue weighted by molar-refractivity contribution is 5.91. The van der Waals surface area contributed by atoms with Gasteiger partial charge in [-0.3, -0.25) is 9.69 Å². The molecule has 2 aromatic rings. The summed E-state index contributed by atoms with van der Waals surface area (Å²) in [5, 5.41) is 2.87. The zero-order valence-corrected chi connectivity index (χ0v) is 17.1. The number of nitrogens with zero attached hydrogens (tertiary/aromatic N) is 1. The third-order valence-corrected chi connectivity index (χ3v) is 4.72. The van der Waals surface area contributed by atoms with Gasteiger partial charge in [0.15, 0.2) is 6.61 Å². The van der Waals surface area contributed by atoms with Crippen LogP contribution in [0.1, 0.15) is 18.9 Å². The minimum Gasteiger partial charge on any atom is -0.494 e. The van der Waals surface area contributed by atoms with Crippen molar-refractivity contribution < 1.29 is 19.0 Å². The third kappa shape index (κ3) is 7.40. The SMILES string of the molecule is CCCOc1ccc(OCC(=O)Nc2ccc(CCN3CCOCC3)cc2)cc1. The van der Waals surface area contributed by atoms with E-state index in [9.17, 15) is 4.79 Å². The second-order valence-electron chi connectivity index (χ2n) is 7.06. The van der Waals surface area contributed by atoms with Gasteiger partial charge in [0.05, 0.1) is 19.8 Å². The summed E-state index contributed by atoms with van der Waals surface area (Å²) in [6.45, 7) is 7.40. The summed E-state index contributed by atoms with van der Waals surface area (Å²) in [4.78, 5) is 14.5. The van der Waals surface area contributed by atoms with Crippen LogP contribution in [0.25, 0.3) is 0 Å².